The van der Waals surface area contributed by atoms with E-state index in [9.17, 15) is 14.0 Å². The van der Waals surface area contributed by atoms with Gasteiger partial charge in [-0.25, -0.2) is 13.9 Å². The van der Waals surface area contributed by atoms with Crippen molar-refractivity contribution in [1.29, 1.82) is 0 Å². The Kier molecular flexibility index (Phi) is 5.23. The predicted molar refractivity (Wildman–Crippen MR) is 99.0 cm³/mol. The molecule has 0 aliphatic rings. The number of rotatable bonds is 4. The molecular weight excluding hydrogens is 373 g/mol. The number of para-hydroxylation sites is 1. The molecule has 8 heteroatoms. The van der Waals surface area contributed by atoms with Gasteiger partial charge in [0.05, 0.1) is 35.2 Å². The van der Waals surface area contributed by atoms with Gasteiger partial charge in [-0.2, -0.15) is 5.10 Å². The molecule has 0 aliphatic heterocycles. The number of anilines is 1. The maximum absolute atomic E-state index is 14.0. The van der Waals surface area contributed by atoms with Gasteiger partial charge in [0.2, 0.25) is 0 Å². The van der Waals surface area contributed by atoms with Gasteiger partial charge in [-0.3, -0.25) is 4.79 Å². The maximum Gasteiger partial charge on any atom is 0.339 e. The van der Waals surface area contributed by atoms with Gasteiger partial charge in [-0.15, -0.1) is 0 Å². The van der Waals surface area contributed by atoms with Crippen molar-refractivity contribution in [2.45, 2.75) is 6.92 Å². The van der Waals surface area contributed by atoms with E-state index in [0.29, 0.717) is 11.4 Å². The fourth-order valence-corrected chi connectivity index (χ4v) is 2.76. The highest BCUT2D eigenvalue weighted by molar-refractivity contribution is 6.33. The Hall–Kier alpha value is -3.19. The van der Waals surface area contributed by atoms with Gasteiger partial charge in [0.15, 0.2) is 0 Å². The number of nitrogens with zero attached hydrogens (tertiary/aromatic N) is 2. The normalized spacial score (nSPS) is 10.5. The number of hydrogen-bond acceptors (Lipinski definition) is 4. The van der Waals surface area contributed by atoms with Crippen molar-refractivity contribution in [3.63, 3.8) is 0 Å². The molecule has 1 heterocycles. The van der Waals surface area contributed by atoms with Crippen molar-refractivity contribution < 1.29 is 18.7 Å². The Morgan fingerprint density at radius 2 is 1.93 bits per heavy atom. The van der Waals surface area contributed by atoms with Crippen LogP contribution in [0.15, 0.2) is 48.7 Å². The van der Waals surface area contributed by atoms with E-state index in [0.717, 1.165) is 0 Å². The fraction of sp³-hybridized carbons (Fsp3) is 0.105. The predicted octanol–water partition coefficient (Wildman–Crippen LogP) is 4.01. The van der Waals surface area contributed by atoms with Gasteiger partial charge in [0, 0.05) is 5.69 Å². The van der Waals surface area contributed by atoms with Gasteiger partial charge in [-0.05, 0) is 37.3 Å². The third kappa shape index (κ3) is 3.68. The highest BCUT2D eigenvalue weighted by Crippen LogP contribution is 2.23. The summed E-state index contributed by atoms with van der Waals surface area (Å²) in [5, 5.41) is 6.99. The van der Waals surface area contributed by atoms with Crippen LogP contribution in [0.2, 0.25) is 5.02 Å². The molecule has 3 rings (SSSR count). The number of methoxy groups -OCH3 is 1. The minimum absolute atomic E-state index is 0.135. The van der Waals surface area contributed by atoms with Crippen LogP contribution in [0.5, 0.6) is 0 Å². The molecule has 27 heavy (non-hydrogen) atoms. The Morgan fingerprint density at radius 3 is 2.63 bits per heavy atom. The Labute approximate surface area is 159 Å². The minimum atomic E-state index is -0.611. The van der Waals surface area contributed by atoms with E-state index >= 15 is 0 Å². The number of ether oxygens (including phenoxy) is 1. The summed E-state index contributed by atoms with van der Waals surface area (Å²) in [6, 6.07) is 10.6. The molecule has 0 fully saturated rings. The number of nitrogens with one attached hydrogen (secondary N) is 1. The molecule has 1 amide bonds. The second-order valence-corrected chi connectivity index (χ2v) is 6.05. The first-order valence-electron chi connectivity index (χ1n) is 7.91. The van der Waals surface area contributed by atoms with E-state index in [1.54, 1.807) is 31.2 Å². The molecule has 138 valence electrons. The summed E-state index contributed by atoms with van der Waals surface area (Å²) in [5.74, 6) is -1.51. The summed E-state index contributed by atoms with van der Waals surface area (Å²) in [6.07, 6.45) is 1.36. The molecule has 2 aromatic carbocycles. The molecule has 0 bridgehead atoms. The van der Waals surface area contributed by atoms with E-state index in [2.05, 4.69) is 15.2 Å². The van der Waals surface area contributed by atoms with Crippen LogP contribution >= 0.6 is 11.6 Å². The third-order valence-corrected chi connectivity index (χ3v) is 4.29. The first-order valence-corrected chi connectivity index (χ1v) is 8.29. The summed E-state index contributed by atoms with van der Waals surface area (Å²) in [6.45, 7) is 1.66. The van der Waals surface area contributed by atoms with Gasteiger partial charge in [0.25, 0.3) is 5.91 Å². The number of carbonyl (C=O) groups excluding carboxylic acids is 2. The van der Waals surface area contributed by atoms with E-state index in [1.165, 1.54) is 36.2 Å². The van der Waals surface area contributed by atoms with Gasteiger partial charge in [0.1, 0.15) is 11.5 Å². The molecule has 0 spiro atoms. The van der Waals surface area contributed by atoms with Crippen LogP contribution in [0.3, 0.4) is 0 Å². The number of aromatic nitrogens is 2. The second kappa shape index (κ2) is 7.59. The molecular formula is C19H15ClFN3O3. The number of benzene rings is 2. The van der Waals surface area contributed by atoms with E-state index in [-0.39, 0.29) is 21.8 Å². The third-order valence-electron chi connectivity index (χ3n) is 3.96. The first kappa shape index (κ1) is 18.6. The van der Waals surface area contributed by atoms with Crippen molar-refractivity contribution >= 4 is 29.2 Å². The molecule has 0 saturated heterocycles. The summed E-state index contributed by atoms with van der Waals surface area (Å²) in [7, 11) is 1.24. The van der Waals surface area contributed by atoms with Gasteiger partial charge >= 0.3 is 5.97 Å². The van der Waals surface area contributed by atoms with Crippen LogP contribution in [0, 0.1) is 12.7 Å². The molecule has 0 radical (unpaired) electrons. The topological polar surface area (TPSA) is 73.2 Å². The van der Waals surface area contributed by atoms with Crippen molar-refractivity contribution in [1.82, 2.24) is 9.78 Å². The SMILES string of the molecule is COC(=O)c1cc(NC(=O)c2cnn(-c3ccccc3F)c2C)ccc1Cl. The Bertz CT molecular complexity index is 1030. The molecule has 1 N–H and O–H groups in total. The smallest absolute Gasteiger partial charge is 0.339 e. The zero-order valence-electron chi connectivity index (χ0n) is 14.5. The van der Waals surface area contributed by atoms with E-state index in [1.807, 2.05) is 0 Å². The first-order chi connectivity index (χ1) is 12.9. The molecule has 0 unspecified atom stereocenters. The minimum Gasteiger partial charge on any atom is -0.465 e. The lowest BCUT2D eigenvalue weighted by molar-refractivity contribution is 0.0600. The number of hydrogen-bond donors (Lipinski definition) is 1. The quantitative estimate of drug-likeness (QED) is 0.686. The molecule has 1 aromatic heterocycles. The number of amides is 1. The zero-order chi connectivity index (χ0) is 19.6. The van der Waals surface area contributed by atoms with Gasteiger partial charge < -0.3 is 10.1 Å². The average Bonchev–Trinajstić information content (AvgIpc) is 3.04. The fourth-order valence-electron chi connectivity index (χ4n) is 2.57. The van der Waals surface area contributed by atoms with Crippen molar-refractivity contribution in [3.8, 4) is 5.69 Å². The molecule has 6 nitrogen and oxygen atoms in total. The van der Waals surface area contributed by atoms with Crippen molar-refractivity contribution in [2.75, 3.05) is 12.4 Å². The summed E-state index contributed by atoms with van der Waals surface area (Å²) in [4.78, 5) is 24.3. The standard InChI is InChI=1S/C19H15ClFN3O3/c1-11-14(10-22-24(11)17-6-4-3-5-16(17)21)18(25)23-12-7-8-15(20)13(9-12)19(26)27-2/h3-10H,1-2H3,(H,23,25). The average molecular weight is 388 g/mol. The monoisotopic (exact) mass is 387 g/mol. The lowest BCUT2D eigenvalue weighted by atomic mass is 10.2. The van der Waals surface area contributed by atoms with E-state index < -0.39 is 17.7 Å². The Morgan fingerprint density at radius 1 is 1.19 bits per heavy atom. The molecule has 0 aliphatic carbocycles. The summed E-state index contributed by atoms with van der Waals surface area (Å²) < 4.78 is 20.0. The summed E-state index contributed by atoms with van der Waals surface area (Å²) >= 11 is 5.97. The lowest BCUT2D eigenvalue weighted by Gasteiger charge is -2.09. The number of halogens is 2. The number of carbonyl (C=O) groups is 2. The molecule has 0 atom stereocenters. The summed E-state index contributed by atoms with van der Waals surface area (Å²) in [5.41, 5.74) is 1.49. The Balaban J connectivity index is 1.88. The van der Waals surface area contributed by atoms with Crippen molar-refractivity contribution in [3.05, 3.63) is 76.3 Å². The van der Waals surface area contributed by atoms with Crippen LogP contribution in [-0.2, 0) is 4.74 Å². The highest BCUT2D eigenvalue weighted by atomic mass is 35.5. The lowest BCUT2D eigenvalue weighted by Crippen LogP contribution is -2.14. The van der Waals surface area contributed by atoms with Crippen LogP contribution in [0.1, 0.15) is 26.4 Å². The largest absolute Gasteiger partial charge is 0.465 e. The maximum atomic E-state index is 14.0. The molecule has 3 aromatic rings. The van der Waals surface area contributed by atoms with Gasteiger partial charge in [-0.1, -0.05) is 23.7 Å². The van der Waals surface area contributed by atoms with Crippen LogP contribution < -0.4 is 5.32 Å². The molecule has 0 saturated carbocycles. The number of esters is 1. The zero-order valence-corrected chi connectivity index (χ0v) is 15.2. The van der Waals surface area contributed by atoms with Crippen LogP contribution in [0.25, 0.3) is 5.69 Å². The van der Waals surface area contributed by atoms with Crippen LogP contribution in [-0.4, -0.2) is 28.8 Å². The van der Waals surface area contributed by atoms with E-state index in [4.69, 9.17) is 11.6 Å². The van der Waals surface area contributed by atoms with Crippen molar-refractivity contribution in [2.24, 2.45) is 0 Å². The second-order valence-electron chi connectivity index (χ2n) is 5.65. The van der Waals surface area contributed by atoms with Crippen LogP contribution in [0.4, 0.5) is 10.1 Å². The highest BCUT2D eigenvalue weighted by Gasteiger charge is 2.18.